The molecule has 0 heterocycles. The lowest BCUT2D eigenvalue weighted by atomic mass is 9.56. The average Bonchev–Trinajstić information content (AvgIpc) is 2.50. The number of benzene rings is 1. The lowest BCUT2D eigenvalue weighted by Crippen LogP contribution is -2.63. The Labute approximate surface area is 147 Å². The summed E-state index contributed by atoms with van der Waals surface area (Å²) in [7, 11) is -1.92. The molecule has 1 aliphatic rings. The second-order valence-corrected chi connectivity index (χ2v) is 12.8. The van der Waals surface area contributed by atoms with Crippen LogP contribution in [0.15, 0.2) is 30.3 Å². The molecule has 1 fully saturated rings. The maximum absolute atomic E-state index is 13.1. The summed E-state index contributed by atoms with van der Waals surface area (Å²) in [4.78, 5) is 13.1. The highest BCUT2D eigenvalue weighted by Crippen LogP contribution is 2.55. The number of Topliss-reactive ketones (excluding diaryl/α,β-unsaturated/α-hetero) is 1. The fourth-order valence-corrected chi connectivity index (χ4v) is 5.67. The molecule has 1 aromatic carbocycles. The fraction of sp³-hybridized carbons (Fsp3) is 0.650. The molecule has 0 spiro atoms. The molecule has 4 heteroatoms. The van der Waals surface area contributed by atoms with Crippen molar-refractivity contribution in [1.82, 2.24) is 0 Å². The van der Waals surface area contributed by atoms with Gasteiger partial charge in [0.05, 0.1) is 17.1 Å². The predicted molar refractivity (Wildman–Crippen MR) is 101 cm³/mol. The fourth-order valence-electron chi connectivity index (χ4n) is 4.14. The summed E-state index contributed by atoms with van der Waals surface area (Å²) in [5.41, 5.74) is -0.169. The van der Waals surface area contributed by atoms with Crippen molar-refractivity contribution in [2.75, 3.05) is 6.61 Å². The largest absolute Gasteiger partial charge is 0.407 e. The number of carbonyl (C=O) groups is 1. The summed E-state index contributed by atoms with van der Waals surface area (Å²) in [5, 5.41) is 0. The van der Waals surface area contributed by atoms with E-state index in [4.69, 9.17) is 9.16 Å². The van der Waals surface area contributed by atoms with Crippen LogP contribution in [0.5, 0.6) is 0 Å². The van der Waals surface area contributed by atoms with Crippen molar-refractivity contribution in [3.63, 3.8) is 0 Å². The van der Waals surface area contributed by atoms with Crippen molar-refractivity contribution in [2.45, 2.75) is 65.5 Å². The van der Waals surface area contributed by atoms with Gasteiger partial charge in [-0.1, -0.05) is 37.3 Å². The van der Waals surface area contributed by atoms with Gasteiger partial charge in [-0.3, -0.25) is 4.79 Å². The second-order valence-electron chi connectivity index (χ2n) is 8.35. The van der Waals surface area contributed by atoms with Crippen LogP contribution >= 0.6 is 0 Å². The molecule has 0 radical (unpaired) electrons. The summed E-state index contributed by atoms with van der Waals surface area (Å²) in [6.07, 6.45) is 0.359. The standard InChI is InChI=1S/C20H32O3Si/c1-8-22-17-14-18(21)19(3,4)20(15(17)2,23-24(5,6)7)16-12-10-9-11-13-16/h9-13,15,17H,8,14H2,1-7H3/t15-,17+,20+/m0/s1. The van der Waals surface area contributed by atoms with E-state index in [0.717, 1.165) is 5.56 Å². The molecular weight excluding hydrogens is 316 g/mol. The Kier molecular flexibility index (Phi) is 5.43. The first-order chi connectivity index (χ1) is 11.1. The van der Waals surface area contributed by atoms with Crippen molar-refractivity contribution in [2.24, 2.45) is 11.3 Å². The molecule has 1 saturated carbocycles. The lowest BCUT2D eigenvalue weighted by Gasteiger charge is -2.57. The average molecular weight is 349 g/mol. The zero-order valence-electron chi connectivity index (χ0n) is 16.2. The van der Waals surface area contributed by atoms with Crippen LogP contribution in [-0.2, 0) is 19.6 Å². The van der Waals surface area contributed by atoms with E-state index in [-0.39, 0.29) is 17.8 Å². The molecule has 0 bridgehead atoms. The molecule has 24 heavy (non-hydrogen) atoms. The van der Waals surface area contributed by atoms with Gasteiger partial charge in [0.1, 0.15) is 5.78 Å². The van der Waals surface area contributed by atoms with Crippen molar-refractivity contribution in [3.8, 4) is 0 Å². The molecule has 0 aromatic heterocycles. The highest BCUT2D eigenvalue weighted by molar-refractivity contribution is 6.69. The van der Waals surface area contributed by atoms with Crippen molar-refractivity contribution < 1.29 is 14.0 Å². The molecule has 3 atom stereocenters. The molecule has 0 N–H and O–H groups in total. The van der Waals surface area contributed by atoms with Crippen molar-refractivity contribution >= 4 is 14.1 Å². The Bertz CT molecular complexity index is 576. The van der Waals surface area contributed by atoms with E-state index < -0.39 is 19.3 Å². The third kappa shape index (κ3) is 3.24. The summed E-state index contributed by atoms with van der Waals surface area (Å²) < 4.78 is 12.8. The smallest absolute Gasteiger partial charge is 0.185 e. The summed E-state index contributed by atoms with van der Waals surface area (Å²) in [6, 6.07) is 10.3. The number of hydrogen-bond acceptors (Lipinski definition) is 3. The SMILES string of the molecule is CCO[C@@H]1CC(=O)C(C)(C)[C@](O[Si](C)(C)C)(c2ccccc2)[C@H]1C. The molecule has 0 amide bonds. The topological polar surface area (TPSA) is 35.5 Å². The third-order valence-electron chi connectivity index (χ3n) is 5.26. The summed E-state index contributed by atoms with van der Waals surface area (Å²) in [6.45, 7) is 15.4. The van der Waals surface area contributed by atoms with E-state index in [2.05, 4.69) is 38.7 Å². The molecule has 1 aliphatic carbocycles. The minimum absolute atomic E-state index is 0.0966. The molecule has 2 rings (SSSR count). The van der Waals surface area contributed by atoms with E-state index in [1.165, 1.54) is 0 Å². The van der Waals surface area contributed by atoms with E-state index >= 15 is 0 Å². The van der Waals surface area contributed by atoms with E-state index in [1.54, 1.807) is 0 Å². The van der Waals surface area contributed by atoms with Crippen LogP contribution in [0.1, 0.15) is 39.7 Å². The Morgan fingerprint density at radius 1 is 1.17 bits per heavy atom. The van der Waals surface area contributed by atoms with Crippen molar-refractivity contribution in [1.29, 1.82) is 0 Å². The van der Waals surface area contributed by atoms with Gasteiger partial charge < -0.3 is 9.16 Å². The molecule has 0 saturated heterocycles. The highest BCUT2D eigenvalue weighted by atomic mass is 28.4. The van der Waals surface area contributed by atoms with Gasteiger partial charge in [0, 0.05) is 18.9 Å². The van der Waals surface area contributed by atoms with Gasteiger partial charge in [-0.2, -0.15) is 0 Å². The van der Waals surface area contributed by atoms with E-state index in [1.807, 2.05) is 39.0 Å². The first kappa shape index (κ1) is 19.4. The first-order valence-corrected chi connectivity index (χ1v) is 12.4. The van der Waals surface area contributed by atoms with Crippen LogP contribution < -0.4 is 0 Å². The Hall–Kier alpha value is -0.973. The van der Waals surface area contributed by atoms with Crippen LogP contribution in [-0.4, -0.2) is 26.8 Å². The number of rotatable bonds is 5. The first-order valence-electron chi connectivity index (χ1n) is 8.97. The number of ether oxygens (including phenoxy) is 1. The van der Waals surface area contributed by atoms with Crippen LogP contribution in [0.4, 0.5) is 0 Å². The Balaban J connectivity index is 2.69. The van der Waals surface area contributed by atoms with E-state index in [9.17, 15) is 4.79 Å². The van der Waals surface area contributed by atoms with Gasteiger partial charge in [0.15, 0.2) is 8.32 Å². The van der Waals surface area contributed by atoms with Gasteiger partial charge in [-0.05, 0) is 46.0 Å². The van der Waals surface area contributed by atoms with E-state index in [0.29, 0.717) is 13.0 Å². The lowest BCUT2D eigenvalue weighted by molar-refractivity contribution is -0.185. The molecule has 134 valence electrons. The summed E-state index contributed by atoms with van der Waals surface area (Å²) >= 11 is 0. The zero-order valence-corrected chi connectivity index (χ0v) is 17.2. The van der Waals surface area contributed by atoms with Gasteiger partial charge >= 0.3 is 0 Å². The number of hydrogen-bond donors (Lipinski definition) is 0. The third-order valence-corrected chi connectivity index (χ3v) is 6.20. The van der Waals surface area contributed by atoms with Crippen LogP contribution in [0.3, 0.4) is 0 Å². The van der Waals surface area contributed by atoms with Crippen LogP contribution in [0.25, 0.3) is 0 Å². The number of ketones is 1. The minimum Gasteiger partial charge on any atom is -0.407 e. The van der Waals surface area contributed by atoms with Crippen molar-refractivity contribution in [3.05, 3.63) is 35.9 Å². The maximum Gasteiger partial charge on any atom is 0.185 e. The molecular formula is C20H32O3Si. The zero-order chi connectivity index (χ0) is 18.2. The van der Waals surface area contributed by atoms with Gasteiger partial charge in [-0.25, -0.2) is 0 Å². The second kappa shape index (κ2) is 6.73. The normalized spacial score (nSPS) is 30.4. The summed E-state index contributed by atoms with van der Waals surface area (Å²) in [5.74, 6) is 0.320. The van der Waals surface area contributed by atoms with Crippen LogP contribution in [0, 0.1) is 11.3 Å². The van der Waals surface area contributed by atoms with Gasteiger partial charge in [-0.15, -0.1) is 0 Å². The molecule has 0 unspecified atom stereocenters. The molecule has 3 nitrogen and oxygen atoms in total. The van der Waals surface area contributed by atoms with Crippen LogP contribution in [0.2, 0.25) is 19.6 Å². The quantitative estimate of drug-likeness (QED) is 0.719. The molecule has 1 aromatic rings. The van der Waals surface area contributed by atoms with Gasteiger partial charge in [0.25, 0.3) is 0 Å². The highest BCUT2D eigenvalue weighted by Gasteiger charge is 2.61. The number of carbonyl (C=O) groups excluding carboxylic acids is 1. The predicted octanol–water partition coefficient (Wildman–Crippen LogP) is 4.77. The van der Waals surface area contributed by atoms with Gasteiger partial charge in [0.2, 0.25) is 0 Å². The monoisotopic (exact) mass is 348 g/mol. The Morgan fingerprint density at radius 2 is 1.75 bits per heavy atom. The maximum atomic E-state index is 13.1. The Morgan fingerprint density at radius 3 is 2.25 bits per heavy atom. The minimum atomic E-state index is -1.92. The molecule has 0 aliphatic heterocycles.